The SMILES string of the molecule is Cc1ccc(S(=O)(=O)N[C@H]2CCCC[C@@H]2OC(=O)c2cccc(C)c2)cc1. The molecule has 0 spiro atoms. The van der Waals surface area contributed by atoms with Gasteiger partial charge < -0.3 is 4.74 Å². The number of aryl methyl sites for hydroxylation is 2. The van der Waals surface area contributed by atoms with E-state index in [1.165, 1.54) is 0 Å². The molecule has 0 aliphatic heterocycles. The highest BCUT2D eigenvalue weighted by molar-refractivity contribution is 7.89. The molecule has 2 aromatic carbocycles. The summed E-state index contributed by atoms with van der Waals surface area (Å²) in [7, 11) is -3.66. The van der Waals surface area contributed by atoms with Gasteiger partial charge >= 0.3 is 5.97 Å². The van der Waals surface area contributed by atoms with Gasteiger partial charge in [0, 0.05) is 0 Å². The Kier molecular flexibility index (Phi) is 5.97. The summed E-state index contributed by atoms with van der Waals surface area (Å²) in [6.45, 7) is 3.82. The fourth-order valence-corrected chi connectivity index (χ4v) is 4.63. The van der Waals surface area contributed by atoms with Gasteiger partial charge in [0.2, 0.25) is 10.0 Å². The topological polar surface area (TPSA) is 72.5 Å². The zero-order valence-electron chi connectivity index (χ0n) is 15.6. The van der Waals surface area contributed by atoms with Crippen LogP contribution >= 0.6 is 0 Å². The van der Waals surface area contributed by atoms with Crippen molar-refractivity contribution in [1.29, 1.82) is 0 Å². The first kappa shape index (κ1) is 19.6. The fraction of sp³-hybridized carbons (Fsp3) is 0.381. The number of benzene rings is 2. The molecule has 5 nitrogen and oxygen atoms in total. The lowest BCUT2D eigenvalue weighted by Crippen LogP contribution is -2.47. The van der Waals surface area contributed by atoms with E-state index < -0.39 is 28.1 Å². The van der Waals surface area contributed by atoms with E-state index in [2.05, 4.69) is 4.72 Å². The molecule has 2 atom stereocenters. The van der Waals surface area contributed by atoms with Crippen molar-refractivity contribution in [2.75, 3.05) is 0 Å². The smallest absolute Gasteiger partial charge is 0.338 e. The molecule has 27 heavy (non-hydrogen) atoms. The maximum atomic E-state index is 12.7. The van der Waals surface area contributed by atoms with Crippen LogP contribution in [0.25, 0.3) is 0 Å². The number of carbonyl (C=O) groups excluding carboxylic acids is 1. The minimum absolute atomic E-state index is 0.224. The molecule has 0 radical (unpaired) electrons. The highest BCUT2D eigenvalue weighted by Crippen LogP contribution is 2.24. The summed E-state index contributed by atoms with van der Waals surface area (Å²) in [6.07, 6.45) is 2.65. The van der Waals surface area contributed by atoms with Gasteiger partial charge in [0.05, 0.1) is 16.5 Å². The van der Waals surface area contributed by atoms with E-state index in [1.807, 2.05) is 26.0 Å². The van der Waals surface area contributed by atoms with Crippen molar-refractivity contribution in [1.82, 2.24) is 4.72 Å². The molecule has 6 heteroatoms. The minimum Gasteiger partial charge on any atom is -0.457 e. The fourth-order valence-electron chi connectivity index (χ4n) is 3.34. The van der Waals surface area contributed by atoms with Crippen LogP contribution in [0.3, 0.4) is 0 Å². The number of esters is 1. The standard InChI is InChI=1S/C21H25NO4S/c1-15-10-12-18(13-11-15)27(24,25)22-19-8-3-4-9-20(19)26-21(23)17-7-5-6-16(2)14-17/h5-7,10-14,19-20,22H,3-4,8-9H2,1-2H3/t19-,20-/m0/s1. The molecule has 1 saturated carbocycles. The molecular formula is C21H25NO4S. The average Bonchev–Trinajstić information content (AvgIpc) is 2.63. The third-order valence-electron chi connectivity index (χ3n) is 4.85. The summed E-state index contributed by atoms with van der Waals surface area (Å²) in [6, 6.07) is 13.5. The quantitative estimate of drug-likeness (QED) is 0.793. The van der Waals surface area contributed by atoms with Gasteiger partial charge in [0.1, 0.15) is 6.10 Å². The van der Waals surface area contributed by atoms with E-state index >= 15 is 0 Å². The molecule has 3 rings (SSSR count). The number of hydrogen-bond acceptors (Lipinski definition) is 4. The molecule has 0 saturated heterocycles. The number of ether oxygens (including phenoxy) is 1. The molecule has 1 aliphatic carbocycles. The third kappa shape index (κ3) is 4.96. The molecule has 144 valence electrons. The van der Waals surface area contributed by atoms with Crippen LogP contribution in [0, 0.1) is 13.8 Å². The van der Waals surface area contributed by atoms with Gasteiger partial charge in [-0.25, -0.2) is 17.9 Å². The van der Waals surface area contributed by atoms with Crippen molar-refractivity contribution >= 4 is 16.0 Å². The first-order valence-corrected chi connectivity index (χ1v) is 10.7. The second-order valence-corrected chi connectivity index (χ2v) is 8.85. The lowest BCUT2D eigenvalue weighted by molar-refractivity contribution is 0.0130. The first-order valence-electron chi connectivity index (χ1n) is 9.22. The van der Waals surface area contributed by atoms with Gasteiger partial charge in [0.15, 0.2) is 0 Å². The van der Waals surface area contributed by atoms with E-state index in [9.17, 15) is 13.2 Å². The van der Waals surface area contributed by atoms with Gasteiger partial charge in [-0.1, -0.05) is 41.8 Å². The Morgan fingerprint density at radius 2 is 1.70 bits per heavy atom. The Morgan fingerprint density at radius 3 is 2.41 bits per heavy atom. The Hall–Kier alpha value is -2.18. The average molecular weight is 388 g/mol. The zero-order valence-corrected chi connectivity index (χ0v) is 16.5. The van der Waals surface area contributed by atoms with E-state index in [0.717, 1.165) is 24.0 Å². The van der Waals surface area contributed by atoms with Crippen molar-refractivity contribution in [2.45, 2.75) is 56.6 Å². The minimum atomic E-state index is -3.66. The van der Waals surface area contributed by atoms with Gasteiger partial charge in [-0.2, -0.15) is 0 Å². The molecule has 1 fully saturated rings. The summed E-state index contributed by atoms with van der Waals surface area (Å²) >= 11 is 0. The normalized spacial score (nSPS) is 20.2. The van der Waals surface area contributed by atoms with E-state index in [1.54, 1.807) is 36.4 Å². The van der Waals surface area contributed by atoms with Crippen molar-refractivity contribution in [3.05, 3.63) is 65.2 Å². The van der Waals surface area contributed by atoms with Crippen molar-refractivity contribution in [2.24, 2.45) is 0 Å². The van der Waals surface area contributed by atoms with Crippen LogP contribution in [0.15, 0.2) is 53.4 Å². The maximum Gasteiger partial charge on any atom is 0.338 e. The number of rotatable bonds is 5. The van der Waals surface area contributed by atoms with Gasteiger partial charge in [0.25, 0.3) is 0 Å². The molecule has 0 unspecified atom stereocenters. The van der Waals surface area contributed by atoms with E-state index in [-0.39, 0.29) is 4.90 Å². The molecule has 0 bridgehead atoms. The molecule has 0 heterocycles. The van der Waals surface area contributed by atoms with E-state index in [0.29, 0.717) is 18.4 Å². The number of hydrogen-bond donors (Lipinski definition) is 1. The number of sulfonamides is 1. The van der Waals surface area contributed by atoms with Crippen LogP contribution in [0.5, 0.6) is 0 Å². The number of carbonyl (C=O) groups is 1. The van der Waals surface area contributed by atoms with Gasteiger partial charge in [-0.3, -0.25) is 0 Å². The largest absolute Gasteiger partial charge is 0.457 e. The monoisotopic (exact) mass is 387 g/mol. The first-order chi connectivity index (χ1) is 12.8. The Balaban J connectivity index is 1.73. The van der Waals surface area contributed by atoms with E-state index in [4.69, 9.17) is 4.74 Å². The van der Waals surface area contributed by atoms with Crippen LogP contribution in [0.1, 0.15) is 47.2 Å². The summed E-state index contributed by atoms with van der Waals surface area (Å²) in [5, 5.41) is 0. The summed E-state index contributed by atoms with van der Waals surface area (Å²) in [4.78, 5) is 12.7. The molecule has 1 N–H and O–H groups in total. The maximum absolute atomic E-state index is 12.7. The van der Waals surface area contributed by atoms with Crippen LogP contribution in [-0.4, -0.2) is 26.5 Å². The van der Waals surface area contributed by atoms with Gasteiger partial charge in [-0.05, 0) is 57.4 Å². The summed E-state index contributed by atoms with van der Waals surface area (Å²) in [5.74, 6) is -0.412. The Bertz CT molecular complexity index is 906. The van der Waals surface area contributed by atoms with Gasteiger partial charge in [-0.15, -0.1) is 0 Å². The molecule has 0 amide bonds. The lowest BCUT2D eigenvalue weighted by Gasteiger charge is -2.31. The van der Waals surface area contributed by atoms with Crippen molar-refractivity contribution < 1.29 is 17.9 Å². The molecular weight excluding hydrogens is 362 g/mol. The highest BCUT2D eigenvalue weighted by atomic mass is 32.2. The van der Waals surface area contributed by atoms with Crippen LogP contribution in [0.4, 0.5) is 0 Å². The molecule has 1 aliphatic rings. The Morgan fingerprint density at radius 1 is 1.00 bits per heavy atom. The van der Waals surface area contributed by atoms with Crippen LogP contribution in [0.2, 0.25) is 0 Å². The summed E-state index contributed by atoms with van der Waals surface area (Å²) in [5.41, 5.74) is 2.46. The summed E-state index contributed by atoms with van der Waals surface area (Å²) < 4.78 is 33.8. The predicted molar refractivity (Wildman–Crippen MR) is 104 cm³/mol. The molecule has 0 aromatic heterocycles. The Labute approximate surface area is 160 Å². The van der Waals surface area contributed by atoms with Crippen LogP contribution < -0.4 is 4.72 Å². The number of nitrogens with one attached hydrogen (secondary N) is 1. The second kappa shape index (κ2) is 8.23. The van der Waals surface area contributed by atoms with Crippen molar-refractivity contribution in [3.8, 4) is 0 Å². The highest BCUT2D eigenvalue weighted by Gasteiger charge is 2.32. The predicted octanol–water partition coefficient (Wildman–Crippen LogP) is 3.75. The lowest BCUT2D eigenvalue weighted by atomic mass is 9.93. The third-order valence-corrected chi connectivity index (χ3v) is 6.36. The zero-order chi connectivity index (χ0) is 19.4. The second-order valence-electron chi connectivity index (χ2n) is 7.14. The molecule has 2 aromatic rings. The van der Waals surface area contributed by atoms with Crippen LogP contribution in [-0.2, 0) is 14.8 Å². The van der Waals surface area contributed by atoms with Crippen molar-refractivity contribution in [3.63, 3.8) is 0 Å².